The molecule has 0 bridgehead atoms. The van der Waals surface area contributed by atoms with Gasteiger partial charge in [0, 0.05) is 31.2 Å². The highest BCUT2D eigenvalue weighted by Crippen LogP contribution is 2.63. The van der Waals surface area contributed by atoms with Crippen molar-refractivity contribution in [2.75, 3.05) is 0 Å². The Morgan fingerprint density at radius 3 is 2.00 bits per heavy atom. The van der Waals surface area contributed by atoms with Crippen LogP contribution in [0.1, 0.15) is 22.3 Å². The minimum absolute atomic E-state index is 0.450. The van der Waals surface area contributed by atoms with Crippen LogP contribution < -0.4 is 0 Å². The summed E-state index contributed by atoms with van der Waals surface area (Å²) in [6.07, 6.45) is 0. The lowest BCUT2D eigenvalue weighted by Crippen LogP contribution is -2.32. The van der Waals surface area contributed by atoms with Crippen LogP contribution in [0.3, 0.4) is 0 Å². The topological polar surface area (TPSA) is 25.8 Å². The summed E-state index contributed by atoms with van der Waals surface area (Å²) >= 11 is 3.68. The van der Waals surface area contributed by atoms with Crippen LogP contribution in [0, 0.1) is 0 Å². The summed E-state index contributed by atoms with van der Waals surface area (Å²) < 4.78 is 1.32. The molecule has 1 atom stereocenters. The van der Waals surface area contributed by atoms with Crippen LogP contribution in [0.15, 0.2) is 167 Å². The van der Waals surface area contributed by atoms with E-state index in [1.54, 1.807) is 0 Å². The quantitative estimate of drug-likeness (QED) is 0.193. The zero-order valence-corrected chi connectivity index (χ0v) is 26.9. The first-order valence-electron chi connectivity index (χ1n) is 15.8. The number of aromatic nitrogens is 2. The van der Waals surface area contributed by atoms with Gasteiger partial charge >= 0.3 is 0 Å². The van der Waals surface area contributed by atoms with Crippen molar-refractivity contribution >= 4 is 33.2 Å². The summed E-state index contributed by atoms with van der Waals surface area (Å²) in [5.74, 6) is 0.729. The van der Waals surface area contributed by atoms with Crippen LogP contribution in [0.5, 0.6) is 0 Å². The van der Waals surface area contributed by atoms with E-state index < -0.39 is 5.41 Å². The molecule has 0 amide bonds. The van der Waals surface area contributed by atoms with E-state index in [1.807, 2.05) is 47.4 Å². The van der Waals surface area contributed by atoms with E-state index in [0.29, 0.717) is 0 Å². The molecule has 8 aromatic rings. The summed E-state index contributed by atoms with van der Waals surface area (Å²) in [6.45, 7) is 0. The molecule has 2 aromatic heterocycles. The predicted octanol–water partition coefficient (Wildman–Crippen LogP) is 11.5. The molecule has 3 heterocycles. The third-order valence-electron chi connectivity index (χ3n) is 9.64. The zero-order chi connectivity index (χ0) is 31.0. The van der Waals surface area contributed by atoms with Gasteiger partial charge in [-0.2, -0.15) is 0 Å². The third-order valence-corrected chi connectivity index (χ3v) is 11.7. The number of thiophene rings is 1. The molecule has 0 fully saturated rings. The molecule has 0 radical (unpaired) electrons. The number of fused-ring (bicyclic) bond motifs is 10. The molecule has 1 unspecified atom stereocenters. The van der Waals surface area contributed by atoms with Gasteiger partial charge < -0.3 is 0 Å². The minimum atomic E-state index is -0.450. The summed E-state index contributed by atoms with van der Waals surface area (Å²) in [6, 6.07) is 54.9. The summed E-state index contributed by atoms with van der Waals surface area (Å²) in [4.78, 5) is 12.9. The molecule has 2 nitrogen and oxygen atoms in total. The molecule has 0 N–H and O–H groups in total. The van der Waals surface area contributed by atoms with E-state index in [9.17, 15) is 0 Å². The molecule has 220 valence electrons. The van der Waals surface area contributed by atoms with Gasteiger partial charge in [-0.25, -0.2) is 9.97 Å². The molecule has 1 aliphatic heterocycles. The molecule has 1 aliphatic carbocycles. The van der Waals surface area contributed by atoms with Crippen LogP contribution in [-0.2, 0) is 5.41 Å². The van der Waals surface area contributed by atoms with Gasteiger partial charge in [-0.1, -0.05) is 133 Å². The lowest BCUT2D eigenvalue weighted by Gasteiger charge is -2.40. The Balaban J connectivity index is 1.29. The van der Waals surface area contributed by atoms with E-state index in [4.69, 9.17) is 9.97 Å². The number of hydrogen-bond acceptors (Lipinski definition) is 4. The Labute approximate surface area is 281 Å². The van der Waals surface area contributed by atoms with Crippen LogP contribution in [-0.4, -0.2) is 9.97 Å². The Bertz CT molecular complexity index is 2440. The van der Waals surface area contributed by atoms with E-state index in [0.717, 1.165) is 33.9 Å². The fourth-order valence-electron chi connectivity index (χ4n) is 7.64. The number of hydrogen-bond donors (Lipinski definition) is 0. The predicted molar refractivity (Wildman–Crippen MR) is 195 cm³/mol. The first-order valence-corrected chi connectivity index (χ1v) is 17.5. The van der Waals surface area contributed by atoms with Crippen LogP contribution in [0.25, 0.3) is 55.1 Å². The molecular weight excluding hydrogens is 609 g/mol. The second kappa shape index (κ2) is 10.4. The Kier molecular flexibility index (Phi) is 5.93. The third kappa shape index (κ3) is 3.92. The van der Waals surface area contributed by atoms with Crippen molar-refractivity contribution in [2.24, 2.45) is 0 Å². The molecule has 1 spiro atoms. The van der Waals surface area contributed by atoms with Gasteiger partial charge in [-0.05, 0) is 74.5 Å². The lowest BCUT2D eigenvalue weighted by molar-refractivity contribution is 0.724. The maximum absolute atomic E-state index is 5.28. The first kappa shape index (κ1) is 26.9. The van der Waals surface area contributed by atoms with Crippen LogP contribution in [0.4, 0.5) is 0 Å². The van der Waals surface area contributed by atoms with Crippen molar-refractivity contribution in [2.45, 2.75) is 15.2 Å². The van der Waals surface area contributed by atoms with Crippen molar-refractivity contribution in [3.63, 3.8) is 0 Å². The van der Waals surface area contributed by atoms with Crippen molar-refractivity contribution in [1.82, 2.24) is 9.97 Å². The highest BCUT2D eigenvalue weighted by Gasteiger charge is 2.50. The fourth-order valence-corrected chi connectivity index (χ4v) is 9.76. The molecule has 0 saturated heterocycles. The van der Waals surface area contributed by atoms with Crippen LogP contribution >= 0.6 is 23.1 Å². The largest absolute Gasteiger partial charge is 0.228 e. The molecule has 2 aliphatic rings. The van der Waals surface area contributed by atoms with Crippen molar-refractivity contribution < 1.29 is 0 Å². The SMILES string of the molecule is c1ccc(-c2cc(-c3cccc4c3Sc3ccccc3C43c4ccccc4-c4cc5ccsc5cc43)nc(-c3ccccc3)n2)cc1. The van der Waals surface area contributed by atoms with Gasteiger partial charge in [0.1, 0.15) is 0 Å². The van der Waals surface area contributed by atoms with Crippen LogP contribution in [0.2, 0.25) is 0 Å². The van der Waals surface area contributed by atoms with Gasteiger partial charge in [0.25, 0.3) is 0 Å². The van der Waals surface area contributed by atoms with Gasteiger partial charge in [-0.3, -0.25) is 0 Å². The minimum Gasteiger partial charge on any atom is -0.228 e. The van der Waals surface area contributed by atoms with Crippen molar-refractivity contribution in [1.29, 1.82) is 0 Å². The number of nitrogens with zero attached hydrogens (tertiary/aromatic N) is 2. The van der Waals surface area contributed by atoms with Gasteiger partial charge in [0.15, 0.2) is 5.82 Å². The summed E-state index contributed by atoms with van der Waals surface area (Å²) in [5.41, 5.74) is 12.6. The van der Waals surface area contributed by atoms with E-state index >= 15 is 0 Å². The maximum Gasteiger partial charge on any atom is 0.160 e. The van der Waals surface area contributed by atoms with Crippen molar-refractivity contribution in [3.8, 4) is 45.0 Å². The molecule has 47 heavy (non-hydrogen) atoms. The average Bonchev–Trinajstić information content (AvgIpc) is 3.72. The second-order valence-electron chi connectivity index (χ2n) is 12.1. The molecule has 10 rings (SSSR count). The highest BCUT2D eigenvalue weighted by atomic mass is 32.2. The Morgan fingerprint density at radius 2 is 1.15 bits per heavy atom. The molecule has 4 heteroatoms. The molecule has 6 aromatic carbocycles. The molecular formula is C43H26N2S2. The first-order chi connectivity index (χ1) is 23.3. The Hall–Kier alpha value is -5.29. The normalized spacial score (nSPS) is 15.7. The zero-order valence-electron chi connectivity index (χ0n) is 25.2. The monoisotopic (exact) mass is 634 g/mol. The van der Waals surface area contributed by atoms with E-state index in [-0.39, 0.29) is 0 Å². The van der Waals surface area contributed by atoms with E-state index in [2.05, 4.69) is 133 Å². The van der Waals surface area contributed by atoms with Gasteiger partial charge in [0.05, 0.1) is 16.8 Å². The summed E-state index contributed by atoms with van der Waals surface area (Å²) in [5, 5.41) is 3.51. The Morgan fingerprint density at radius 1 is 0.468 bits per heavy atom. The summed E-state index contributed by atoms with van der Waals surface area (Å²) in [7, 11) is 0. The number of rotatable bonds is 3. The lowest BCUT2D eigenvalue weighted by atomic mass is 9.67. The van der Waals surface area contributed by atoms with Crippen molar-refractivity contribution in [3.05, 3.63) is 179 Å². The molecule has 0 saturated carbocycles. The maximum atomic E-state index is 5.28. The second-order valence-corrected chi connectivity index (χ2v) is 14.1. The highest BCUT2D eigenvalue weighted by molar-refractivity contribution is 7.99. The van der Waals surface area contributed by atoms with Gasteiger partial charge in [-0.15, -0.1) is 11.3 Å². The van der Waals surface area contributed by atoms with Gasteiger partial charge in [0.2, 0.25) is 0 Å². The standard InChI is InChI=1S/C43H26N2S2/c1-3-12-27(13-4-1)37-26-38(45-42(44-37)28-14-5-2-6-15-28)31-17-11-20-35-41(31)47-39-21-10-9-19-34(39)43(35)33-18-8-7-16-30(33)32-24-29-22-23-46-40(29)25-36(32)43/h1-26H. The van der Waals surface area contributed by atoms with E-state index in [1.165, 1.54) is 53.3 Å². The smallest absolute Gasteiger partial charge is 0.160 e. The fraction of sp³-hybridized carbons (Fsp3) is 0.0233. The average molecular weight is 635 g/mol. The number of benzene rings is 6.